The third-order valence-corrected chi connectivity index (χ3v) is 5.55. The van der Waals surface area contributed by atoms with E-state index in [9.17, 15) is 9.59 Å². The van der Waals surface area contributed by atoms with Crippen LogP contribution in [0.1, 0.15) is 41.4 Å². The van der Waals surface area contributed by atoms with Crippen molar-refractivity contribution in [3.8, 4) is 16.9 Å². The number of ketones is 1. The van der Waals surface area contributed by atoms with Crippen molar-refractivity contribution in [1.29, 1.82) is 0 Å². The van der Waals surface area contributed by atoms with Crippen LogP contribution in [0.3, 0.4) is 0 Å². The fourth-order valence-electron chi connectivity index (χ4n) is 3.90. The Labute approximate surface area is 174 Å². The summed E-state index contributed by atoms with van der Waals surface area (Å²) in [7, 11) is 1.56. The fourth-order valence-corrected chi connectivity index (χ4v) is 3.90. The van der Waals surface area contributed by atoms with Crippen LogP contribution in [0.2, 0.25) is 0 Å². The molecule has 0 spiro atoms. The molecule has 0 saturated heterocycles. The number of rotatable bonds is 4. The van der Waals surface area contributed by atoms with E-state index in [1.807, 2.05) is 32.0 Å². The van der Waals surface area contributed by atoms with Gasteiger partial charge in [0, 0.05) is 23.4 Å². The summed E-state index contributed by atoms with van der Waals surface area (Å²) >= 11 is 0. The maximum absolute atomic E-state index is 13.3. The molecule has 7 heteroatoms. The maximum Gasteiger partial charge on any atom is 0.240 e. The molecule has 1 aliphatic rings. The molecule has 1 amide bonds. The number of hydrogen-bond acceptors (Lipinski definition) is 6. The minimum absolute atomic E-state index is 0.226. The molecule has 7 nitrogen and oxygen atoms in total. The molecule has 1 aliphatic heterocycles. The Morgan fingerprint density at radius 2 is 1.90 bits per heavy atom. The summed E-state index contributed by atoms with van der Waals surface area (Å²) in [6.45, 7) is 7.24. The first-order valence-corrected chi connectivity index (χ1v) is 9.67. The Morgan fingerprint density at radius 1 is 1.13 bits per heavy atom. The van der Waals surface area contributed by atoms with Gasteiger partial charge in [-0.05, 0) is 45.9 Å². The number of fused-ring (bicyclic) bond motifs is 1. The van der Waals surface area contributed by atoms with Gasteiger partial charge in [-0.2, -0.15) is 0 Å². The lowest BCUT2D eigenvalue weighted by Gasteiger charge is -2.37. The molecule has 4 rings (SSSR count). The molecular weight excluding hydrogens is 382 g/mol. The van der Waals surface area contributed by atoms with E-state index in [4.69, 9.17) is 9.26 Å². The highest BCUT2D eigenvalue weighted by Crippen LogP contribution is 2.45. The molecule has 0 atom stereocenters. The number of nitrogens with zero attached hydrogens (tertiary/aromatic N) is 3. The monoisotopic (exact) mass is 405 g/mol. The molecule has 0 bridgehead atoms. The molecule has 154 valence electrons. The van der Waals surface area contributed by atoms with Crippen molar-refractivity contribution in [3.05, 3.63) is 59.2 Å². The molecule has 3 aromatic rings. The zero-order chi connectivity index (χ0) is 21.6. The number of hydrogen-bond donors (Lipinski definition) is 0. The molecule has 3 heterocycles. The number of carbonyl (C=O) groups excluding carboxylic acids is 2. The summed E-state index contributed by atoms with van der Waals surface area (Å²) in [5.74, 6) is 0.678. The fraction of sp³-hybridized carbons (Fsp3) is 0.304. The first-order valence-electron chi connectivity index (χ1n) is 9.67. The first-order chi connectivity index (χ1) is 14.3. The van der Waals surface area contributed by atoms with E-state index in [2.05, 4.69) is 10.1 Å². The second-order valence-electron chi connectivity index (χ2n) is 7.94. The summed E-state index contributed by atoms with van der Waals surface area (Å²) in [6, 6.07) is 9.07. The van der Waals surface area contributed by atoms with Gasteiger partial charge in [-0.25, -0.2) is 0 Å². The number of anilines is 1. The molecule has 0 saturated carbocycles. The molecule has 0 N–H and O–H groups in total. The number of benzene rings is 1. The van der Waals surface area contributed by atoms with Gasteiger partial charge in [0.15, 0.2) is 5.78 Å². The van der Waals surface area contributed by atoms with Crippen molar-refractivity contribution in [2.45, 2.75) is 34.2 Å². The number of aromatic nitrogens is 2. The molecule has 30 heavy (non-hydrogen) atoms. The number of methoxy groups -OCH3 is 1. The van der Waals surface area contributed by atoms with E-state index in [0.717, 1.165) is 11.3 Å². The van der Waals surface area contributed by atoms with Gasteiger partial charge in [-0.3, -0.25) is 14.6 Å². The Balaban J connectivity index is 1.93. The number of Topliss-reactive ketones (excluding diaryl/α,β-unsaturated/α-hetero) is 1. The lowest BCUT2D eigenvalue weighted by atomic mass is 9.78. The Morgan fingerprint density at radius 3 is 2.50 bits per heavy atom. The minimum Gasteiger partial charge on any atom is -0.496 e. The van der Waals surface area contributed by atoms with Crippen molar-refractivity contribution in [2.24, 2.45) is 5.41 Å². The zero-order valence-corrected chi connectivity index (χ0v) is 17.6. The van der Waals surface area contributed by atoms with Gasteiger partial charge < -0.3 is 14.2 Å². The first kappa shape index (κ1) is 19.8. The Bertz CT molecular complexity index is 1130. The van der Waals surface area contributed by atoms with Gasteiger partial charge in [0.1, 0.15) is 16.9 Å². The Kier molecular flexibility index (Phi) is 4.68. The van der Waals surface area contributed by atoms with Crippen LogP contribution in [0.15, 0.2) is 41.1 Å². The summed E-state index contributed by atoms with van der Waals surface area (Å²) in [5, 5.41) is 4.02. The van der Waals surface area contributed by atoms with Crippen LogP contribution in [-0.2, 0) is 11.3 Å². The van der Waals surface area contributed by atoms with Crippen LogP contribution in [0, 0.1) is 19.3 Å². The van der Waals surface area contributed by atoms with Crippen LogP contribution >= 0.6 is 0 Å². The highest BCUT2D eigenvalue weighted by Gasteiger charge is 2.46. The van der Waals surface area contributed by atoms with Crippen LogP contribution in [-0.4, -0.2) is 28.9 Å². The van der Waals surface area contributed by atoms with Crippen molar-refractivity contribution in [1.82, 2.24) is 10.1 Å². The highest BCUT2D eigenvalue weighted by molar-refractivity contribution is 6.24. The third kappa shape index (κ3) is 2.98. The molecular formula is C23H23N3O4. The van der Waals surface area contributed by atoms with E-state index in [1.54, 1.807) is 44.2 Å². The molecule has 1 aromatic carbocycles. The average molecular weight is 405 g/mol. The lowest BCUT2D eigenvalue weighted by molar-refractivity contribution is -0.124. The van der Waals surface area contributed by atoms with Crippen LogP contribution < -0.4 is 9.64 Å². The van der Waals surface area contributed by atoms with Crippen molar-refractivity contribution >= 4 is 17.4 Å². The lowest BCUT2D eigenvalue weighted by Crippen LogP contribution is -2.49. The quantitative estimate of drug-likeness (QED) is 0.607. The number of pyridine rings is 1. The second-order valence-corrected chi connectivity index (χ2v) is 7.94. The van der Waals surface area contributed by atoms with E-state index < -0.39 is 5.41 Å². The van der Waals surface area contributed by atoms with E-state index >= 15 is 0 Å². The molecule has 0 unspecified atom stereocenters. The smallest absolute Gasteiger partial charge is 0.240 e. The number of aryl methyl sites for hydroxylation is 2. The average Bonchev–Trinajstić information content (AvgIpc) is 3.07. The SMILES string of the molecule is COc1cc2c(cc1-c1c(C)noc1C)C(=O)C(C)(C)C(=O)N2Cc1ccccn1. The van der Waals surface area contributed by atoms with Crippen LogP contribution in [0.25, 0.3) is 11.1 Å². The largest absolute Gasteiger partial charge is 0.496 e. The van der Waals surface area contributed by atoms with Gasteiger partial charge in [0.2, 0.25) is 5.91 Å². The topological polar surface area (TPSA) is 85.5 Å². The summed E-state index contributed by atoms with van der Waals surface area (Å²) in [6.07, 6.45) is 1.68. The van der Waals surface area contributed by atoms with Crippen LogP contribution in [0.5, 0.6) is 5.75 Å². The summed E-state index contributed by atoms with van der Waals surface area (Å²) < 4.78 is 10.9. The number of amides is 1. The predicted molar refractivity (Wildman–Crippen MR) is 112 cm³/mol. The van der Waals surface area contributed by atoms with E-state index in [-0.39, 0.29) is 18.2 Å². The highest BCUT2D eigenvalue weighted by atomic mass is 16.5. The van der Waals surface area contributed by atoms with Gasteiger partial charge in [0.25, 0.3) is 0 Å². The number of carbonyl (C=O) groups is 2. The van der Waals surface area contributed by atoms with E-state index in [1.165, 1.54) is 0 Å². The predicted octanol–water partition coefficient (Wildman–Crippen LogP) is 4.12. The van der Waals surface area contributed by atoms with Gasteiger partial charge in [0.05, 0.1) is 36.3 Å². The van der Waals surface area contributed by atoms with Gasteiger partial charge in [-0.15, -0.1) is 0 Å². The third-order valence-electron chi connectivity index (χ3n) is 5.55. The summed E-state index contributed by atoms with van der Waals surface area (Å²) in [5.41, 5.74) is 2.73. The number of ether oxygens (including phenoxy) is 1. The molecule has 2 aromatic heterocycles. The molecule has 0 radical (unpaired) electrons. The van der Waals surface area contributed by atoms with E-state index in [0.29, 0.717) is 34.0 Å². The van der Waals surface area contributed by atoms with Gasteiger partial charge in [-0.1, -0.05) is 11.2 Å². The standard InChI is InChI=1S/C23H23N3O4/c1-13-20(14(2)30-25-13)17-10-16-18(11-19(17)29-5)26(12-15-8-6-7-9-24-15)22(28)23(3,4)21(16)27/h6-11H,12H2,1-5H3. The molecule has 0 fully saturated rings. The maximum atomic E-state index is 13.3. The second kappa shape index (κ2) is 7.09. The summed E-state index contributed by atoms with van der Waals surface area (Å²) in [4.78, 5) is 32.5. The zero-order valence-electron chi connectivity index (χ0n) is 17.6. The van der Waals surface area contributed by atoms with Gasteiger partial charge >= 0.3 is 0 Å². The van der Waals surface area contributed by atoms with Crippen molar-refractivity contribution < 1.29 is 18.8 Å². The van der Waals surface area contributed by atoms with Crippen molar-refractivity contribution in [3.63, 3.8) is 0 Å². The van der Waals surface area contributed by atoms with Crippen molar-refractivity contribution in [2.75, 3.05) is 12.0 Å². The normalized spacial score (nSPS) is 15.3. The minimum atomic E-state index is -1.19. The van der Waals surface area contributed by atoms with Crippen LogP contribution in [0.4, 0.5) is 5.69 Å². The molecule has 0 aliphatic carbocycles. The Hall–Kier alpha value is -3.48.